The maximum absolute atomic E-state index is 12.0. The first-order valence-electron chi connectivity index (χ1n) is 8.19. The predicted octanol–water partition coefficient (Wildman–Crippen LogP) is 5.35. The molecular formula is C19H23ClN2O2S. The molecule has 2 rings (SSSR count). The summed E-state index contributed by atoms with van der Waals surface area (Å²) in [5.74, 6) is -0.154. The Morgan fingerprint density at radius 3 is 2.52 bits per heavy atom. The maximum atomic E-state index is 12.0. The third kappa shape index (κ3) is 6.18. The van der Waals surface area contributed by atoms with Gasteiger partial charge >= 0.3 is 0 Å². The second-order valence-corrected chi connectivity index (χ2v) is 8.32. The van der Waals surface area contributed by atoms with Crippen LogP contribution in [0.4, 0.5) is 11.4 Å². The van der Waals surface area contributed by atoms with Gasteiger partial charge in [-0.3, -0.25) is 9.59 Å². The van der Waals surface area contributed by atoms with Crippen molar-refractivity contribution in [3.63, 3.8) is 0 Å². The fourth-order valence-corrected chi connectivity index (χ4v) is 3.08. The summed E-state index contributed by atoms with van der Waals surface area (Å²) in [6.07, 6.45) is 2.17. The minimum atomic E-state index is -0.501. The highest BCUT2D eigenvalue weighted by Gasteiger charge is 2.22. The number of carbonyl (C=O) groups is 2. The van der Waals surface area contributed by atoms with Crippen LogP contribution in [0, 0.1) is 5.41 Å². The molecule has 0 fully saturated rings. The van der Waals surface area contributed by atoms with Crippen LogP contribution in [0.5, 0.6) is 0 Å². The molecule has 1 aromatic heterocycles. The van der Waals surface area contributed by atoms with E-state index in [1.54, 1.807) is 29.5 Å². The Bertz CT molecular complexity index is 736. The zero-order valence-electron chi connectivity index (χ0n) is 14.7. The van der Waals surface area contributed by atoms with Crippen molar-refractivity contribution in [2.24, 2.45) is 5.41 Å². The van der Waals surface area contributed by atoms with Gasteiger partial charge in [-0.15, -0.1) is 11.3 Å². The summed E-state index contributed by atoms with van der Waals surface area (Å²) in [6.45, 7) is 5.50. The third-order valence-corrected chi connectivity index (χ3v) is 4.84. The summed E-state index contributed by atoms with van der Waals surface area (Å²) in [4.78, 5) is 25.3. The molecule has 0 bridgehead atoms. The topological polar surface area (TPSA) is 58.2 Å². The van der Waals surface area contributed by atoms with E-state index in [2.05, 4.69) is 16.7 Å². The van der Waals surface area contributed by atoms with E-state index in [0.717, 1.165) is 12.8 Å². The number of hydrogen-bond donors (Lipinski definition) is 2. The Labute approximate surface area is 157 Å². The first-order chi connectivity index (χ1) is 11.8. The Morgan fingerprint density at radius 1 is 1.16 bits per heavy atom. The van der Waals surface area contributed by atoms with Gasteiger partial charge in [0.15, 0.2) is 0 Å². The van der Waals surface area contributed by atoms with Gasteiger partial charge in [0, 0.05) is 22.4 Å². The van der Waals surface area contributed by atoms with Gasteiger partial charge in [0.05, 0.1) is 10.7 Å². The van der Waals surface area contributed by atoms with Crippen molar-refractivity contribution in [1.29, 1.82) is 0 Å². The predicted molar refractivity (Wildman–Crippen MR) is 105 cm³/mol. The monoisotopic (exact) mass is 378 g/mol. The van der Waals surface area contributed by atoms with Crippen molar-refractivity contribution in [3.8, 4) is 0 Å². The van der Waals surface area contributed by atoms with Crippen molar-refractivity contribution in [3.05, 3.63) is 45.6 Å². The highest BCUT2D eigenvalue weighted by molar-refractivity contribution is 7.09. The summed E-state index contributed by atoms with van der Waals surface area (Å²) in [5.41, 5.74) is 0.663. The molecule has 134 valence electrons. The number of aryl methyl sites for hydroxylation is 1. The molecule has 4 nitrogen and oxygen atoms in total. The number of anilines is 2. The van der Waals surface area contributed by atoms with Gasteiger partial charge in [-0.2, -0.15) is 0 Å². The Morgan fingerprint density at radius 2 is 1.92 bits per heavy atom. The first kappa shape index (κ1) is 19.5. The zero-order valence-corrected chi connectivity index (χ0v) is 16.3. The average Bonchev–Trinajstić information content (AvgIpc) is 3.02. The standard InChI is InChI=1S/C19H23ClN2O2S/c1-19(2,3)18(24)22-16-10-9-13(12-15(16)20)21-17(23)8-4-6-14-7-5-11-25-14/h5,7,9-12H,4,6,8H2,1-3H3,(H,21,23)(H,22,24). The van der Waals surface area contributed by atoms with Crippen LogP contribution in [0.2, 0.25) is 5.02 Å². The fraction of sp³-hybridized carbons (Fsp3) is 0.368. The highest BCUT2D eigenvalue weighted by atomic mass is 35.5. The van der Waals surface area contributed by atoms with Gasteiger partial charge in [0.25, 0.3) is 0 Å². The van der Waals surface area contributed by atoms with E-state index in [4.69, 9.17) is 11.6 Å². The molecule has 0 spiro atoms. The number of halogens is 1. The molecule has 6 heteroatoms. The minimum absolute atomic E-state index is 0.0425. The average molecular weight is 379 g/mol. The lowest BCUT2D eigenvalue weighted by Crippen LogP contribution is -2.27. The van der Waals surface area contributed by atoms with Crippen molar-refractivity contribution in [1.82, 2.24) is 0 Å². The number of rotatable bonds is 6. The van der Waals surface area contributed by atoms with E-state index in [9.17, 15) is 9.59 Å². The summed E-state index contributed by atoms with van der Waals surface area (Å²) in [6, 6.07) is 9.18. The van der Waals surface area contributed by atoms with Gasteiger partial charge in [-0.1, -0.05) is 38.4 Å². The van der Waals surface area contributed by atoms with E-state index >= 15 is 0 Å². The van der Waals surface area contributed by atoms with Gasteiger partial charge < -0.3 is 10.6 Å². The van der Waals surface area contributed by atoms with Gasteiger partial charge in [-0.05, 0) is 42.5 Å². The smallest absolute Gasteiger partial charge is 0.229 e. The summed E-state index contributed by atoms with van der Waals surface area (Å²) >= 11 is 7.92. The van der Waals surface area contributed by atoms with Crippen molar-refractivity contribution < 1.29 is 9.59 Å². The van der Waals surface area contributed by atoms with Crippen LogP contribution in [-0.4, -0.2) is 11.8 Å². The molecule has 0 saturated heterocycles. The van der Waals surface area contributed by atoms with Crippen LogP contribution in [0.3, 0.4) is 0 Å². The Hall–Kier alpha value is -1.85. The molecule has 2 N–H and O–H groups in total. The van der Waals surface area contributed by atoms with Crippen LogP contribution in [0.15, 0.2) is 35.7 Å². The highest BCUT2D eigenvalue weighted by Crippen LogP contribution is 2.27. The summed E-state index contributed by atoms with van der Waals surface area (Å²) in [5, 5.41) is 8.08. The maximum Gasteiger partial charge on any atom is 0.229 e. The van der Waals surface area contributed by atoms with Crippen LogP contribution < -0.4 is 10.6 Å². The normalized spacial score (nSPS) is 11.2. The molecule has 0 aliphatic carbocycles. The Kier molecular flexibility index (Phi) is 6.62. The molecule has 25 heavy (non-hydrogen) atoms. The fourth-order valence-electron chi connectivity index (χ4n) is 2.11. The van der Waals surface area contributed by atoms with Crippen molar-refractivity contribution in [2.45, 2.75) is 40.0 Å². The van der Waals surface area contributed by atoms with Crippen LogP contribution in [0.1, 0.15) is 38.5 Å². The molecule has 2 amide bonds. The molecule has 0 aliphatic heterocycles. The zero-order chi connectivity index (χ0) is 18.4. The summed E-state index contributed by atoms with van der Waals surface area (Å²) in [7, 11) is 0. The van der Waals surface area contributed by atoms with Gasteiger partial charge in [0.1, 0.15) is 0 Å². The lowest BCUT2D eigenvalue weighted by Gasteiger charge is -2.18. The largest absolute Gasteiger partial charge is 0.326 e. The second kappa shape index (κ2) is 8.50. The number of thiophene rings is 1. The van der Waals surface area contributed by atoms with E-state index in [1.807, 2.05) is 32.2 Å². The van der Waals surface area contributed by atoms with Crippen LogP contribution in [-0.2, 0) is 16.0 Å². The van der Waals surface area contributed by atoms with Crippen LogP contribution in [0.25, 0.3) is 0 Å². The minimum Gasteiger partial charge on any atom is -0.326 e. The lowest BCUT2D eigenvalue weighted by atomic mass is 9.95. The van der Waals surface area contributed by atoms with Gasteiger partial charge in [0.2, 0.25) is 11.8 Å². The van der Waals surface area contributed by atoms with Gasteiger partial charge in [-0.25, -0.2) is 0 Å². The van der Waals surface area contributed by atoms with E-state index in [-0.39, 0.29) is 11.8 Å². The number of benzene rings is 1. The quantitative estimate of drug-likeness (QED) is 0.712. The Balaban J connectivity index is 1.87. The van der Waals surface area contributed by atoms with Crippen molar-refractivity contribution in [2.75, 3.05) is 10.6 Å². The van der Waals surface area contributed by atoms with Crippen LogP contribution >= 0.6 is 22.9 Å². The lowest BCUT2D eigenvalue weighted by molar-refractivity contribution is -0.123. The number of hydrogen-bond acceptors (Lipinski definition) is 3. The molecule has 1 aromatic carbocycles. The molecule has 0 saturated carbocycles. The third-order valence-electron chi connectivity index (χ3n) is 3.59. The molecule has 0 aliphatic rings. The first-order valence-corrected chi connectivity index (χ1v) is 9.45. The van der Waals surface area contributed by atoms with E-state index < -0.39 is 5.41 Å². The molecule has 2 aromatic rings. The number of nitrogens with one attached hydrogen (secondary N) is 2. The molecular weight excluding hydrogens is 356 g/mol. The molecule has 0 radical (unpaired) electrons. The van der Waals surface area contributed by atoms with Crippen molar-refractivity contribution >= 4 is 46.1 Å². The summed E-state index contributed by atoms with van der Waals surface area (Å²) < 4.78 is 0. The second-order valence-electron chi connectivity index (χ2n) is 6.88. The molecule has 0 atom stereocenters. The van der Waals surface area contributed by atoms with E-state index in [0.29, 0.717) is 22.8 Å². The number of carbonyl (C=O) groups excluding carboxylic acids is 2. The number of amides is 2. The SMILES string of the molecule is CC(C)(C)C(=O)Nc1ccc(NC(=O)CCCc2cccs2)cc1Cl. The van der Waals surface area contributed by atoms with E-state index in [1.165, 1.54) is 4.88 Å². The molecule has 1 heterocycles. The molecule has 0 unspecified atom stereocenters.